The number of likely N-dealkylation sites (tertiary alicyclic amines) is 1. The topological polar surface area (TPSA) is 125 Å². The van der Waals surface area contributed by atoms with Gasteiger partial charge in [0.2, 0.25) is 11.8 Å². The Labute approximate surface area is 239 Å². The van der Waals surface area contributed by atoms with Crippen LogP contribution >= 0.6 is 22.6 Å². The fraction of sp³-hybridized carbons (Fsp3) is 0.444. The minimum atomic E-state index is -0.491. The molecule has 3 aliphatic heterocycles. The van der Waals surface area contributed by atoms with E-state index in [-0.39, 0.29) is 48.1 Å². The Morgan fingerprint density at radius 2 is 1.87 bits per heavy atom. The van der Waals surface area contributed by atoms with Gasteiger partial charge in [0.25, 0.3) is 11.6 Å². The highest BCUT2D eigenvalue weighted by molar-refractivity contribution is 14.1. The Morgan fingerprint density at radius 1 is 1.13 bits per heavy atom. The molecule has 0 aliphatic carbocycles. The van der Waals surface area contributed by atoms with Gasteiger partial charge < -0.3 is 19.9 Å². The number of ether oxygens (including phenoxy) is 1. The molecule has 3 saturated heterocycles. The number of halogens is 1. The molecule has 3 amide bonds. The molecular weight excluding hydrogens is 617 g/mol. The van der Waals surface area contributed by atoms with Crippen LogP contribution in [0.2, 0.25) is 0 Å². The van der Waals surface area contributed by atoms with Crippen LogP contribution in [-0.2, 0) is 14.3 Å². The first-order chi connectivity index (χ1) is 18.6. The lowest BCUT2D eigenvalue weighted by Crippen LogP contribution is -2.54. The molecule has 2 aromatic carbocycles. The first-order valence-electron chi connectivity index (χ1n) is 12.9. The standard InChI is InChI=1S/C27H30IN5O6/c1-30-10-11-31(2)27(36)24(30)16-3-5-18(6-4-16)29-25(34)17-13-23-22(9-12-39-23)32(15-17)26(35)20-8-7-19(33(37)38)14-21(20)28/h3-8,14,17,22-24H,9-13,15H2,1-2H3,(H,29,34). The van der Waals surface area contributed by atoms with Crippen LogP contribution in [0.1, 0.15) is 34.8 Å². The van der Waals surface area contributed by atoms with Crippen molar-refractivity contribution in [1.82, 2.24) is 14.7 Å². The van der Waals surface area contributed by atoms with Crippen LogP contribution in [0.3, 0.4) is 0 Å². The van der Waals surface area contributed by atoms with E-state index in [1.165, 1.54) is 18.2 Å². The van der Waals surface area contributed by atoms with Crippen molar-refractivity contribution in [3.63, 3.8) is 0 Å². The van der Waals surface area contributed by atoms with Gasteiger partial charge in [0.1, 0.15) is 6.04 Å². The van der Waals surface area contributed by atoms with Gasteiger partial charge in [0.15, 0.2) is 0 Å². The van der Waals surface area contributed by atoms with E-state index in [1.54, 1.807) is 29.0 Å². The molecule has 3 fully saturated rings. The van der Waals surface area contributed by atoms with Crippen LogP contribution in [-0.4, -0.2) is 89.8 Å². The van der Waals surface area contributed by atoms with Gasteiger partial charge in [0, 0.05) is 54.7 Å². The summed E-state index contributed by atoms with van der Waals surface area (Å²) in [6, 6.07) is 11.0. The fourth-order valence-electron chi connectivity index (χ4n) is 5.65. The Morgan fingerprint density at radius 3 is 2.56 bits per heavy atom. The Balaban J connectivity index is 1.30. The number of amides is 3. The summed E-state index contributed by atoms with van der Waals surface area (Å²) in [4.78, 5) is 55.7. The monoisotopic (exact) mass is 647 g/mol. The van der Waals surface area contributed by atoms with Gasteiger partial charge in [-0.3, -0.25) is 29.4 Å². The second kappa shape index (κ2) is 11.2. The molecule has 206 valence electrons. The van der Waals surface area contributed by atoms with Crippen molar-refractivity contribution in [3.8, 4) is 0 Å². The quantitative estimate of drug-likeness (QED) is 0.301. The molecule has 4 atom stereocenters. The number of likely N-dealkylation sites (N-methyl/N-ethyl adjacent to an activating group) is 2. The molecule has 0 spiro atoms. The highest BCUT2D eigenvalue weighted by Gasteiger charge is 2.44. The number of nitrogens with one attached hydrogen (secondary N) is 1. The number of non-ortho nitro benzene ring substituents is 1. The molecule has 0 saturated carbocycles. The minimum absolute atomic E-state index is 0.0429. The molecular formula is C27H30IN5O6. The zero-order chi connectivity index (χ0) is 27.8. The molecule has 0 aromatic heterocycles. The number of nitro groups is 1. The van der Waals surface area contributed by atoms with Crippen LogP contribution in [0.15, 0.2) is 42.5 Å². The Bertz CT molecular complexity index is 1300. The molecule has 12 heteroatoms. The fourth-order valence-corrected chi connectivity index (χ4v) is 6.38. The first-order valence-corrected chi connectivity index (χ1v) is 13.9. The second-order valence-electron chi connectivity index (χ2n) is 10.3. The lowest BCUT2D eigenvalue weighted by atomic mass is 9.88. The maximum atomic E-state index is 13.6. The number of piperidine rings is 1. The number of anilines is 1. The first kappa shape index (κ1) is 27.5. The highest BCUT2D eigenvalue weighted by atomic mass is 127. The van der Waals surface area contributed by atoms with E-state index in [0.29, 0.717) is 40.8 Å². The number of hydrogen-bond acceptors (Lipinski definition) is 7. The molecule has 11 nitrogen and oxygen atoms in total. The number of fused-ring (bicyclic) bond motifs is 1. The highest BCUT2D eigenvalue weighted by Crippen LogP contribution is 2.34. The van der Waals surface area contributed by atoms with Crippen molar-refractivity contribution in [3.05, 3.63) is 67.3 Å². The second-order valence-corrected chi connectivity index (χ2v) is 11.5. The van der Waals surface area contributed by atoms with Crippen molar-refractivity contribution in [2.45, 2.75) is 31.0 Å². The lowest BCUT2D eigenvalue weighted by Gasteiger charge is -2.40. The largest absolute Gasteiger partial charge is 0.376 e. The van der Waals surface area contributed by atoms with E-state index in [9.17, 15) is 24.5 Å². The molecule has 4 unspecified atom stereocenters. The third kappa shape index (κ3) is 5.50. The number of carbonyl (C=O) groups excluding carboxylic acids is 3. The molecule has 1 N–H and O–H groups in total. The summed E-state index contributed by atoms with van der Waals surface area (Å²) in [6.45, 7) is 2.21. The zero-order valence-electron chi connectivity index (χ0n) is 21.7. The van der Waals surface area contributed by atoms with Gasteiger partial charge >= 0.3 is 0 Å². The number of piperazine rings is 1. The summed E-state index contributed by atoms with van der Waals surface area (Å²) in [5, 5.41) is 14.1. The number of hydrogen-bond donors (Lipinski definition) is 1. The number of nitro benzene ring substituents is 1. The lowest BCUT2D eigenvalue weighted by molar-refractivity contribution is -0.384. The molecule has 2 aromatic rings. The SMILES string of the molecule is CN1CCN(C)C(c2ccc(NC(=O)C3CC4OCCC4N(C(=O)c4ccc([N+](=O)[O-])cc4I)C3)cc2)C1=O. The number of nitrogens with zero attached hydrogens (tertiary/aromatic N) is 4. The van der Waals surface area contributed by atoms with Crippen LogP contribution < -0.4 is 5.32 Å². The smallest absolute Gasteiger partial charge is 0.270 e. The van der Waals surface area contributed by atoms with Gasteiger partial charge in [0.05, 0.1) is 28.6 Å². The number of carbonyl (C=O) groups is 3. The van der Waals surface area contributed by atoms with Crippen LogP contribution in [0, 0.1) is 19.6 Å². The van der Waals surface area contributed by atoms with Crippen LogP contribution in [0.5, 0.6) is 0 Å². The van der Waals surface area contributed by atoms with Gasteiger partial charge in [-0.25, -0.2) is 0 Å². The van der Waals surface area contributed by atoms with E-state index in [2.05, 4.69) is 5.32 Å². The van der Waals surface area contributed by atoms with Gasteiger partial charge in [-0.2, -0.15) is 0 Å². The summed E-state index contributed by atoms with van der Waals surface area (Å²) < 4.78 is 6.38. The van der Waals surface area contributed by atoms with Crippen molar-refractivity contribution >= 4 is 51.7 Å². The predicted octanol–water partition coefficient (Wildman–Crippen LogP) is 2.90. The van der Waals surface area contributed by atoms with E-state index < -0.39 is 10.8 Å². The van der Waals surface area contributed by atoms with Gasteiger partial charge in [-0.15, -0.1) is 0 Å². The van der Waals surface area contributed by atoms with E-state index in [4.69, 9.17) is 4.74 Å². The van der Waals surface area contributed by atoms with Gasteiger partial charge in [-0.05, 0) is 66.2 Å². The summed E-state index contributed by atoms with van der Waals surface area (Å²) >= 11 is 1.94. The molecule has 39 heavy (non-hydrogen) atoms. The molecule has 5 rings (SSSR count). The van der Waals surface area contributed by atoms with Crippen molar-refractivity contribution in [1.29, 1.82) is 0 Å². The molecule has 0 radical (unpaired) electrons. The zero-order valence-corrected chi connectivity index (χ0v) is 23.9. The van der Waals surface area contributed by atoms with Crippen LogP contribution in [0.4, 0.5) is 11.4 Å². The van der Waals surface area contributed by atoms with Gasteiger partial charge in [-0.1, -0.05) is 12.1 Å². The summed E-state index contributed by atoms with van der Waals surface area (Å²) in [5.41, 5.74) is 1.77. The Hall–Kier alpha value is -3.10. The maximum absolute atomic E-state index is 13.6. The average molecular weight is 647 g/mol. The maximum Gasteiger partial charge on any atom is 0.270 e. The molecule has 3 aliphatic rings. The van der Waals surface area contributed by atoms with Crippen molar-refractivity contribution in [2.24, 2.45) is 5.92 Å². The molecule has 3 heterocycles. The number of benzene rings is 2. The van der Waals surface area contributed by atoms with Crippen LogP contribution in [0.25, 0.3) is 0 Å². The van der Waals surface area contributed by atoms with E-state index >= 15 is 0 Å². The Kier molecular flexibility index (Phi) is 7.87. The third-order valence-electron chi connectivity index (χ3n) is 7.87. The van der Waals surface area contributed by atoms with E-state index in [1.807, 2.05) is 46.7 Å². The average Bonchev–Trinajstić information content (AvgIpc) is 3.40. The predicted molar refractivity (Wildman–Crippen MR) is 151 cm³/mol. The summed E-state index contributed by atoms with van der Waals surface area (Å²) in [7, 11) is 3.73. The molecule has 0 bridgehead atoms. The van der Waals surface area contributed by atoms with Crippen molar-refractivity contribution < 1.29 is 24.0 Å². The minimum Gasteiger partial charge on any atom is -0.376 e. The third-order valence-corrected chi connectivity index (χ3v) is 8.76. The summed E-state index contributed by atoms with van der Waals surface area (Å²) in [5.74, 6) is -0.911. The normalized spacial score (nSPS) is 25.4. The summed E-state index contributed by atoms with van der Waals surface area (Å²) in [6.07, 6.45) is 0.935. The van der Waals surface area contributed by atoms with E-state index in [0.717, 1.165) is 12.1 Å². The van der Waals surface area contributed by atoms with Crippen molar-refractivity contribution in [2.75, 3.05) is 45.7 Å². The number of rotatable bonds is 5.